The molecule has 4 heteroatoms. The molecule has 0 saturated carbocycles. The molecule has 2 unspecified atom stereocenters. The number of hydrogen-bond acceptors (Lipinski definition) is 2. The van der Waals surface area contributed by atoms with Gasteiger partial charge in [0.05, 0.1) is 12.2 Å². The van der Waals surface area contributed by atoms with Crippen LogP contribution in [0.4, 0.5) is 4.39 Å². The first-order valence-corrected chi connectivity index (χ1v) is 6.29. The highest BCUT2D eigenvalue weighted by Crippen LogP contribution is 2.26. The van der Waals surface area contributed by atoms with Crippen molar-refractivity contribution in [3.63, 3.8) is 0 Å². The van der Waals surface area contributed by atoms with Crippen LogP contribution in [0, 0.1) is 5.82 Å². The van der Waals surface area contributed by atoms with Crippen molar-refractivity contribution in [1.29, 1.82) is 0 Å². The fourth-order valence-electron chi connectivity index (χ4n) is 2.14. The van der Waals surface area contributed by atoms with Crippen molar-refractivity contribution < 1.29 is 14.2 Å². The Morgan fingerprint density at radius 3 is 3.00 bits per heavy atom. The Bertz CT molecular complexity index is 378. The summed E-state index contributed by atoms with van der Waals surface area (Å²) in [4.78, 5) is 0. The number of aliphatic hydroxyl groups excluding tert-OH is 1. The fourth-order valence-corrected chi connectivity index (χ4v) is 2.30. The van der Waals surface area contributed by atoms with Crippen molar-refractivity contribution in [3.05, 3.63) is 34.6 Å². The maximum atomic E-state index is 13.5. The van der Waals surface area contributed by atoms with Crippen LogP contribution in [0.1, 0.15) is 37.4 Å². The second-order valence-corrected chi connectivity index (χ2v) is 4.83. The van der Waals surface area contributed by atoms with Gasteiger partial charge in [-0.25, -0.2) is 4.39 Å². The standard InChI is InChI=1S/C13H16ClFO2/c14-9-3-5-11(12(15)8-9)13(16)6-4-10-2-1-7-17-10/h3,5,8,10,13,16H,1-2,4,6-7H2. The molecule has 0 spiro atoms. The lowest BCUT2D eigenvalue weighted by molar-refractivity contribution is 0.0803. The maximum Gasteiger partial charge on any atom is 0.130 e. The maximum absolute atomic E-state index is 13.5. The zero-order chi connectivity index (χ0) is 12.3. The van der Waals surface area contributed by atoms with Gasteiger partial charge in [0, 0.05) is 17.2 Å². The largest absolute Gasteiger partial charge is 0.388 e. The minimum Gasteiger partial charge on any atom is -0.388 e. The summed E-state index contributed by atoms with van der Waals surface area (Å²) in [5.74, 6) is -0.447. The quantitative estimate of drug-likeness (QED) is 0.896. The summed E-state index contributed by atoms with van der Waals surface area (Å²) in [6.07, 6.45) is 2.84. The smallest absolute Gasteiger partial charge is 0.130 e. The van der Waals surface area contributed by atoms with Crippen molar-refractivity contribution in [2.75, 3.05) is 6.61 Å². The van der Waals surface area contributed by atoms with E-state index >= 15 is 0 Å². The van der Waals surface area contributed by atoms with E-state index in [-0.39, 0.29) is 6.10 Å². The van der Waals surface area contributed by atoms with Crippen LogP contribution in [0.15, 0.2) is 18.2 Å². The Hall–Kier alpha value is -0.640. The van der Waals surface area contributed by atoms with Crippen molar-refractivity contribution in [2.45, 2.75) is 37.9 Å². The first-order chi connectivity index (χ1) is 8.16. The highest BCUT2D eigenvalue weighted by Gasteiger charge is 2.19. The van der Waals surface area contributed by atoms with Crippen LogP contribution in [-0.4, -0.2) is 17.8 Å². The summed E-state index contributed by atoms with van der Waals surface area (Å²) in [5, 5.41) is 10.3. The minimum atomic E-state index is -0.781. The predicted octanol–water partition coefficient (Wildman–Crippen LogP) is 3.47. The number of halogens is 2. The SMILES string of the molecule is OC(CCC1CCCO1)c1ccc(Cl)cc1F. The van der Waals surface area contributed by atoms with Crippen LogP contribution in [-0.2, 0) is 4.74 Å². The molecule has 1 N–H and O–H groups in total. The van der Waals surface area contributed by atoms with E-state index in [1.165, 1.54) is 12.1 Å². The molecular formula is C13H16ClFO2. The zero-order valence-corrected chi connectivity index (χ0v) is 10.3. The molecule has 0 bridgehead atoms. The average molecular weight is 259 g/mol. The average Bonchev–Trinajstić information content (AvgIpc) is 2.78. The lowest BCUT2D eigenvalue weighted by atomic mass is 10.0. The molecule has 1 fully saturated rings. The summed E-state index contributed by atoms with van der Waals surface area (Å²) in [6, 6.07) is 4.36. The number of benzene rings is 1. The fraction of sp³-hybridized carbons (Fsp3) is 0.538. The van der Waals surface area contributed by atoms with Gasteiger partial charge in [-0.1, -0.05) is 17.7 Å². The Morgan fingerprint density at radius 1 is 1.53 bits per heavy atom. The van der Waals surface area contributed by atoms with Crippen molar-refractivity contribution >= 4 is 11.6 Å². The normalized spacial score (nSPS) is 21.7. The molecule has 1 aromatic rings. The molecule has 0 amide bonds. The molecule has 1 aromatic carbocycles. The van der Waals surface area contributed by atoms with Crippen LogP contribution in [0.2, 0.25) is 5.02 Å². The molecule has 2 rings (SSSR count). The molecule has 2 atom stereocenters. The third-order valence-electron chi connectivity index (χ3n) is 3.11. The Kier molecular flexibility index (Phi) is 4.37. The minimum absolute atomic E-state index is 0.222. The van der Waals surface area contributed by atoms with Crippen LogP contribution in [0.3, 0.4) is 0 Å². The van der Waals surface area contributed by atoms with Crippen molar-refractivity contribution in [1.82, 2.24) is 0 Å². The summed E-state index contributed by atoms with van der Waals surface area (Å²) >= 11 is 5.66. The van der Waals surface area contributed by atoms with Gasteiger partial charge in [-0.05, 0) is 37.8 Å². The van der Waals surface area contributed by atoms with Gasteiger partial charge in [-0.2, -0.15) is 0 Å². The van der Waals surface area contributed by atoms with Crippen molar-refractivity contribution in [2.24, 2.45) is 0 Å². The summed E-state index contributed by atoms with van der Waals surface area (Å²) in [6.45, 7) is 0.802. The van der Waals surface area contributed by atoms with Gasteiger partial charge < -0.3 is 9.84 Å². The molecule has 94 valence electrons. The molecule has 17 heavy (non-hydrogen) atoms. The second kappa shape index (κ2) is 5.80. The number of rotatable bonds is 4. The van der Waals surface area contributed by atoms with Crippen LogP contribution >= 0.6 is 11.6 Å². The van der Waals surface area contributed by atoms with Gasteiger partial charge in [-0.15, -0.1) is 0 Å². The second-order valence-electron chi connectivity index (χ2n) is 4.39. The molecule has 2 nitrogen and oxygen atoms in total. The highest BCUT2D eigenvalue weighted by atomic mass is 35.5. The van der Waals surface area contributed by atoms with Crippen LogP contribution < -0.4 is 0 Å². The van der Waals surface area contributed by atoms with E-state index in [1.54, 1.807) is 6.07 Å². The number of aliphatic hydroxyl groups is 1. The van der Waals surface area contributed by atoms with Gasteiger partial charge >= 0.3 is 0 Å². The Balaban J connectivity index is 1.91. The van der Waals surface area contributed by atoms with E-state index in [9.17, 15) is 9.50 Å². The van der Waals surface area contributed by atoms with E-state index in [2.05, 4.69) is 0 Å². The topological polar surface area (TPSA) is 29.5 Å². The molecule has 0 radical (unpaired) electrons. The monoisotopic (exact) mass is 258 g/mol. The molecule has 1 saturated heterocycles. The molecular weight excluding hydrogens is 243 g/mol. The molecule has 1 heterocycles. The summed E-state index contributed by atoms with van der Waals surface area (Å²) in [5.41, 5.74) is 0.312. The van der Waals surface area contributed by atoms with E-state index in [1.807, 2.05) is 0 Å². The summed E-state index contributed by atoms with van der Waals surface area (Å²) < 4.78 is 19.0. The number of ether oxygens (including phenoxy) is 1. The van der Waals surface area contributed by atoms with E-state index < -0.39 is 11.9 Å². The first-order valence-electron chi connectivity index (χ1n) is 5.91. The Labute approximate surface area is 105 Å². The third-order valence-corrected chi connectivity index (χ3v) is 3.34. The van der Waals surface area contributed by atoms with Crippen LogP contribution in [0.25, 0.3) is 0 Å². The van der Waals surface area contributed by atoms with Gasteiger partial charge in [0.15, 0.2) is 0 Å². The Morgan fingerprint density at radius 2 is 2.35 bits per heavy atom. The summed E-state index contributed by atoms with van der Waals surface area (Å²) in [7, 11) is 0. The van der Waals surface area contributed by atoms with Crippen molar-refractivity contribution in [3.8, 4) is 0 Å². The molecule has 0 aliphatic carbocycles. The zero-order valence-electron chi connectivity index (χ0n) is 9.53. The third kappa shape index (κ3) is 3.41. The van der Waals surface area contributed by atoms with E-state index in [0.29, 0.717) is 17.0 Å². The van der Waals surface area contributed by atoms with E-state index in [4.69, 9.17) is 16.3 Å². The molecule has 0 aromatic heterocycles. The van der Waals surface area contributed by atoms with Gasteiger partial charge in [-0.3, -0.25) is 0 Å². The first kappa shape index (κ1) is 12.8. The van der Waals surface area contributed by atoms with Gasteiger partial charge in [0.1, 0.15) is 5.82 Å². The molecule has 1 aliphatic rings. The van der Waals surface area contributed by atoms with Crippen LogP contribution in [0.5, 0.6) is 0 Å². The van der Waals surface area contributed by atoms with E-state index in [0.717, 1.165) is 25.9 Å². The highest BCUT2D eigenvalue weighted by molar-refractivity contribution is 6.30. The lowest BCUT2D eigenvalue weighted by Gasteiger charge is -2.14. The molecule has 1 aliphatic heterocycles. The number of hydrogen-bond donors (Lipinski definition) is 1. The van der Waals surface area contributed by atoms with Gasteiger partial charge in [0.2, 0.25) is 0 Å². The lowest BCUT2D eigenvalue weighted by Crippen LogP contribution is -2.08. The predicted molar refractivity (Wildman–Crippen MR) is 64.6 cm³/mol. The van der Waals surface area contributed by atoms with Gasteiger partial charge in [0.25, 0.3) is 0 Å².